The summed E-state index contributed by atoms with van der Waals surface area (Å²) in [7, 11) is 0. The molecule has 1 heterocycles. The van der Waals surface area contributed by atoms with E-state index in [0.29, 0.717) is 6.42 Å². The van der Waals surface area contributed by atoms with Gasteiger partial charge in [-0.15, -0.1) is 0 Å². The number of hydrogen-bond donors (Lipinski definition) is 2. The van der Waals surface area contributed by atoms with E-state index in [-0.39, 0.29) is 35.9 Å². The van der Waals surface area contributed by atoms with E-state index in [9.17, 15) is 15.0 Å². The summed E-state index contributed by atoms with van der Waals surface area (Å²) < 4.78 is 5.37. The summed E-state index contributed by atoms with van der Waals surface area (Å²) in [6, 6.07) is 0. The zero-order chi connectivity index (χ0) is 14.0. The van der Waals surface area contributed by atoms with Crippen LogP contribution in [0.3, 0.4) is 0 Å². The highest BCUT2D eigenvalue weighted by molar-refractivity contribution is 5.85. The van der Waals surface area contributed by atoms with Crippen LogP contribution in [0.5, 0.6) is 0 Å². The quantitative estimate of drug-likeness (QED) is 0.720. The molecule has 110 valence electrons. The fourth-order valence-electron chi connectivity index (χ4n) is 3.20. The molecule has 0 spiro atoms. The topological polar surface area (TPSA) is 70.1 Å². The summed E-state index contributed by atoms with van der Waals surface area (Å²) in [5, 5.41) is 19.9. The Morgan fingerprint density at radius 3 is 2.63 bits per heavy atom. The zero-order valence-electron chi connectivity index (χ0n) is 11.9. The molecule has 2 aliphatic rings. The highest BCUT2D eigenvalue weighted by Crippen LogP contribution is 2.33. The molecule has 1 aliphatic carbocycles. The molecule has 2 rings (SSSR count). The lowest BCUT2D eigenvalue weighted by atomic mass is 9.79. The molecule has 4 heteroatoms. The molecule has 6 unspecified atom stereocenters. The Balaban J connectivity index is 1.88. The van der Waals surface area contributed by atoms with E-state index in [0.717, 1.165) is 32.1 Å². The van der Waals surface area contributed by atoms with Gasteiger partial charge in [0.15, 0.2) is 5.78 Å². The molecule has 1 aliphatic heterocycles. The van der Waals surface area contributed by atoms with Crippen LogP contribution in [0.1, 0.15) is 52.4 Å². The van der Waals surface area contributed by atoms with E-state index in [2.05, 4.69) is 0 Å². The molecule has 0 aromatic carbocycles. The summed E-state index contributed by atoms with van der Waals surface area (Å²) in [6.07, 6.45) is 3.75. The first kappa shape index (κ1) is 14.9. The van der Waals surface area contributed by atoms with Crippen LogP contribution in [-0.2, 0) is 9.53 Å². The molecular formula is C15H26O4. The summed E-state index contributed by atoms with van der Waals surface area (Å²) in [5.74, 6) is -0.226. The molecule has 4 nitrogen and oxygen atoms in total. The molecule has 0 amide bonds. The first-order valence-electron chi connectivity index (χ1n) is 7.58. The van der Waals surface area contributed by atoms with Crippen molar-refractivity contribution < 1.29 is 19.7 Å². The molecule has 6 atom stereocenters. The molecule has 1 saturated heterocycles. The maximum Gasteiger partial charge on any atom is 0.164 e. The van der Waals surface area contributed by atoms with Crippen molar-refractivity contribution in [1.82, 2.24) is 0 Å². The van der Waals surface area contributed by atoms with Crippen LogP contribution in [0.25, 0.3) is 0 Å². The molecule has 0 aromatic heterocycles. The fourth-order valence-corrected chi connectivity index (χ4v) is 3.20. The number of carbonyl (C=O) groups is 1. The predicted molar refractivity (Wildman–Crippen MR) is 71.7 cm³/mol. The molecule has 2 N–H and O–H groups in total. The van der Waals surface area contributed by atoms with Gasteiger partial charge in [0.05, 0.1) is 18.3 Å². The number of rotatable bonds is 6. The third-order valence-corrected chi connectivity index (χ3v) is 4.67. The largest absolute Gasteiger partial charge is 0.393 e. The van der Waals surface area contributed by atoms with E-state index in [4.69, 9.17) is 4.74 Å². The lowest BCUT2D eigenvalue weighted by Gasteiger charge is -2.30. The summed E-state index contributed by atoms with van der Waals surface area (Å²) in [5.41, 5.74) is 0. The van der Waals surface area contributed by atoms with E-state index < -0.39 is 6.10 Å². The Labute approximate surface area is 115 Å². The van der Waals surface area contributed by atoms with Crippen molar-refractivity contribution in [3.8, 4) is 0 Å². The Morgan fingerprint density at radius 1 is 1.42 bits per heavy atom. The summed E-state index contributed by atoms with van der Waals surface area (Å²) in [4.78, 5) is 12.4. The van der Waals surface area contributed by atoms with Crippen molar-refractivity contribution >= 4 is 5.78 Å². The van der Waals surface area contributed by atoms with Crippen molar-refractivity contribution in [1.29, 1.82) is 0 Å². The third kappa shape index (κ3) is 3.77. The summed E-state index contributed by atoms with van der Waals surface area (Å²) >= 11 is 0. The Hall–Kier alpha value is -0.450. The lowest BCUT2D eigenvalue weighted by Crippen LogP contribution is -2.38. The minimum Gasteiger partial charge on any atom is -0.393 e. The van der Waals surface area contributed by atoms with Crippen LogP contribution in [0.15, 0.2) is 0 Å². The Kier molecular flexibility index (Phi) is 4.98. The molecular weight excluding hydrogens is 244 g/mol. The van der Waals surface area contributed by atoms with Crippen LogP contribution >= 0.6 is 0 Å². The van der Waals surface area contributed by atoms with Gasteiger partial charge in [0.1, 0.15) is 6.10 Å². The van der Waals surface area contributed by atoms with Gasteiger partial charge in [0.25, 0.3) is 0 Å². The van der Waals surface area contributed by atoms with Crippen LogP contribution in [0, 0.1) is 11.8 Å². The smallest absolute Gasteiger partial charge is 0.164 e. The Bertz CT molecular complexity index is 317. The maximum atomic E-state index is 12.4. The number of epoxide rings is 1. The van der Waals surface area contributed by atoms with Gasteiger partial charge in [0, 0.05) is 5.92 Å². The molecule has 1 saturated carbocycles. The number of carbonyl (C=O) groups excluding carboxylic acids is 1. The van der Waals surface area contributed by atoms with Crippen molar-refractivity contribution in [3.05, 3.63) is 0 Å². The molecule has 19 heavy (non-hydrogen) atoms. The van der Waals surface area contributed by atoms with Gasteiger partial charge >= 0.3 is 0 Å². The van der Waals surface area contributed by atoms with Gasteiger partial charge in [-0.05, 0) is 44.9 Å². The van der Waals surface area contributed by atoms with Gasteiger partial charge < -0.3 is 14.9 Å². The number of aliphatic hydroxyl groups is 2. The second-order valence-electron chi connectivity index (χ2n) is 6.15. The first-order valence-corrected chi connectivity index (χ1v) is 7.58. The molecule has 0 radical (unpaired) electrons. The minimum absolute atomic E-state index is 0.0516. The van der Waals surface area contributed by atoms with Gasteiger partial charge in [0.2, 0.25) is 0 Å². The normalized spacial score (nSPS) is 37.7. The number of hydrogen-bond acceptors (Lipinski definition) is 4. The van der Waals surface area contributed by atoms with Gasteiger partial charge in [-0.25, -0.2) is 0 Å². The highest BCUT2D eigenvalue weighted by Gasteiger charge is 2.40. The average Bonchev–Trinajstić information content (AvgIpc) is 3.10. The number of Topliss-reactive ketones (excluding diaryl/α,β-unsaturated/α-hetero) is 1. The van der Waals surface area contributed by atoms with Crippen LogP contribution in [-0.4, -0.2) is 40.4 Å². The van der Waals surface area contributed by atoms with Gasteiger partial charge in [-0.1, -0.05) is 13.3 Å². The van der Waals surface area contributed by atoms with Crippen LogP contribution in [0.4, 0.5) is 0 Å². The van der Waals surface area contributed by atoms with E-state index in [1.807, 2.05) is 13.8 Å². The number of ether oxygens (including phenoxy) is 1. The number of ketones is 1. The van der Waals surface area contributed by atoms with E-state index >= 15 is 0 Å². The lowest BCUT2D eigenvalue weighted by molar-refractivity contribution is -0.136. The average molecular weight is 270 g/mol. The van der Waals surface area contributed by atoms with Crippen LogP contribution in [0.2, 0.25) is 0 Å². The van der Waals surface area contributed by atoms with Crippen molar-refractivity contribution in [2.24, 2.45) is 11.8 Å². The zero-order valence-corrected chi connectivity index (χ0v) is 11.9. The fraction of sp³-hybridized carbons (Fsp3) is 0.933. The summed E-state index contributed by atoms with van der Waals surface area (Å²) in [6.45, 7) is 3.99. The van der Waals surface area contributed by atoms with Crippen molar-refractivity contribution in [2.75, 3.05) is 0 Å². The molecule has 2 fully saturated rings. The Morgan fingerprint density at radius 2 is 2.11 bits per heavy atom. The van der Waals surface area contributed by atoms with Gasteiger partial charge in [-0.3, -0.25) is 4.79 Å². The first-order chi connectivity index (χ1) is 9.02. The number of aliphatic hydroxyl groups excluding tert-OH is 2. The highest BCUT2D eigenvalue weighted by atomic mass is 16.6. The predicted octanol–water partition coefficient (Wildman–Crippen LogP) is 1.67. The molecule has 0 bridgehead atoms. The SMILES string of the molecule is CCC(CC1OC1C)C(=O)C(O)C1CCCC(O)C1. The molecule has 0 aromatic rings. The van der Waals surface area contributed by atoms with Crippen molar-refractivity contribution in [3.63, 3.8) is 0 Å². The minimum atomic E-state index is -0.908. The van der Waals surface area contributed by atoms with E-state index in [1.54, 1.807) is 0 Å². The van der Waals surface area contributed by atoms with Crippen molar-refractivity contribution in [2.45, 2.75) is 76.8 Å². The van der Waals surface area contributed by atoms with Gasteiger partial charge in [-0.2, -0.15) is 0 Å². The second-order valence-corrected chi connectivity index (χ2v) is 6.15. The third-order valence-electron chi connectivity index (χ3n) is 4.67. The standard InChI is InChI=1S/C15H26O4/c1-3-10(8-13-9(2)19-13)14(17)15(18)11-5-4-6-12(16)7-11/h9-13,15-16,18H,3-8H2,1-2H3. The van der Waals surface area contributed by atoms with E-state index in [1.165, 1.54) is 0 Å². The maximum absolute atomic E-state index is 12.4. The second kappa shape index (κ2) is 6.33. The monoisotopic (exact) mass is 270 g/mol. The van der Waals surface area contributed by atoms with Crippen LogP contribution < -0.4 is 0 Å².